The third-order valence-electron chi connectivity index (χ3n) is 5.88. The van der Waals surface area contributed by atoms with Crippen molar-refractivity contribution < 1.29 is 9.59 Å². The zero-order chi connectivity index (χ0) is 19.0. The lowest BCUT2D eigenvalue weighted by molar-refractivity contribution is -0.125. The summed E-state index contributed by atoms with van der Waals surface area (Å²) in [4.78, 5) is 48.2. The molecule has 2 aliphatic carbocycles. The summed E-state index contributed by atoms with van der Waals surface area (Å²) in [6, 6.07) is 4.64. The van der Waals surface area contributed by atoms with Gasteiger partial charge in [0, 0.05) is 6.42 Å². The molecule has 1 aromatic heterocycles. The van der Waals surface area contributed by atoms with Crippen molar-refractivity contribution in [1.82, 2.24) is 15.5 Å². The molecule has 0 aliphatic heterocycles. The molecule has 8 heteroatoms. The predicted molar refractivity (Wildman–Crippen MR) is 100 cm³/mol. The summed E-state index contributed by atoms with van der Waals surface area (Å²) in [7, 11) is 0. The Hall–Kier alpha value is -2.90. The Morgan fingerprint density at radius 1 is 1.04 bits per heavy atom. The number of aromatic amines is 2. The van der Waals surface area contributed by atoms with Crippen molar-refractivity contribution in [2.75, 3.05) is 11.9 Å². The maximum absolute atomic E-state index is 12.2. The second kappa shape index (κ2) is 7.02. The third kappa shape index (κ3) is 3.51. The average Bonchev–Trinajstić information content (AvgIpc) is 3.26. The molecule has 0 radical (unpaired) electrons. The molecule has 0 unspecified atom stereocenters. The predicted octanol–water partition coefficient (Wildman–Crippen LogP) is 1.10. The van der Waals surface area contributed by atoms with Crippen LogP contribution in [0.3, 0.4) is 0 Å². The highest BCUT2D eigenvalue weighted by Crippen LogP contribution is 2.49. The summed E-state index contributed by atoms with van der Waals surface area (Å²) in [6.45, 7) is -0.170. The molecule has 2 saturated carbocycles. The highest BCUT2D eigenvalue weighted by molar-refractivity contribution is 6.02. The van der Waals surface area contributed by atoms with E-state index in [9.17, 15) is 19.2 Å². The second-order valence-corrected chi connectivity index (χ2v) is 7.60. The highest BCUT2D eigenvalue weighted by atomic mass is 16.2. The number of aromatic nitrogens is 2. The van der Waals surface area contributed by atoms with Crippen LogP contribution in [0, 0.1) is 17.8 Å². The number of fused-ring (bicyclic) bond motifs is 3. The Labute approximate surface area is 154 Å². The number of hydrogen-bond donors (Lipinski definition) is 4. The van der Waals surface area contributed by atoms with Crippen LogP contribution in [0.2, 0.25) is 0 Å². The summed E-state index contributed by atoms with van der Waals surface area (Å²) < 4.78 is 0. The molecule has 2 bridgehead atoms. The molecular formula is C19H22N4O4. The van der Waals surface area contributed by atoms with Crippen LogP contribution in [0.25, 0.3) is 10.8 Å². The lowest BCUT2D eigenvalue weighted by Gasteiger charge is -2.20. The minimum atomic E-state index is -0.499. The second-order valence-electron chi connectivity index (χ2n) is 7.60. The van der Waals surface area contributed by atoms with E-state index in [-0.39, 0.29) is 28.9 Å². The van der Waals surface area contributed by atoms with Crippen molar-refractivity contribution in [3.63, 3.8) is 0 Å². The van der Waals surface area contributed by atoms with Crippen molar-refractivity contribution >= 4 is 28.3 Å². The van der Waals surface area contributed by atoms with Crippen molar-refractivity contribution in [1.29, 1.82) is 0 Å². The van der Waals surface area contributed by atoms with Gasteiger partial charge < -0.3 is 10.6 Å². The van der Waals surface area contributed by atoms with Gasteiger partial charge in [0.05, 0.1) is 23.0 Å². The van der Waals surface area contributed by atoms with Gasteiger partial charge in [0.15, 0.2) is 0 Å². The number of H-pyrrole nitrogens is 2. The summed E-state index contributed by atoms with van der Waals surface area (Å²) in [5.74, 6) is 1.33. The van der Waals surface area contributed by atoms with Gasteiger partial charge >= 0.3 is 0 Å². The van der Waals surface area contributed by atoms with E-state index in [1.165, 1.54) is 25.3 Å². The Balaban J connectivity index is 1.36. The van der Waals surface area contributed by atoms with E-state index in [1.807, 2.05) is 0 Å². The van der Waals surface area contributed by atoms with Gasteiger partial charge in [0.2, 0.25) is 11.8 Å². The third-order valence-corrected chi connectivity index (χ3v) is 5.88. The van der Waals surface area contributed by atoms with E-state index >= 15 is 0 Å². The number of amides is 2. The first-order valence-corrected chi connectivity index (χ1v) is 9.31. The molecule has 3 atom stereocenters. The average molecular weight is 370 g/mol. The van der Waals surface area contributed by atoms with Gasteiger partial charge in [0.25, 0.3) is 11.1 Å². The van der Waals surface area contributed by atoms with Gasteiger partial charge in [-0.3, -0.25) is 29.4 Å². The minimum Gasteiger partial charge on any atom is -0.347 e. The Morgan fingerprint density at radius 2 is 1.85 bits per heavy atom. The number of carbonyl (C=O) groups is 2. The molecule has 4 N–H and O–H groups in total. The van der Waals surface area contributed by atoms with Crippen LogP contribution in [-0.4, -0.2) is 28.6 Å². The minimum absolute atomic E-state index is 0.114. The lowest BCUT2D eigenvalue weighted by atomic mass is 9.86. The standard InChI is InChI=1S/C19H22N4O4/c24-15(8-12-7-10-4-5-11(12)6-10)20-9-16(25)21-14-3-1-2-13-17(14)19(27)23-22-18(13)26/h1-3,10-12H,4-9H2,(H,20,24)(H,21,25)(H,22,26)(H,23,27)/t10-,11-,12+/m0/s1. The van der Waals surface area contributed by atoms with Crippen molar-refractivity contribution in [2.24, 2.45) is 17.8 Å². The first-order chi connectivity index (χ1) is 13.0. The fourth-order valence-electron chi connectivity index (χ4n) is 4.64. The normalized spacial score (nSPS) is 23.5. The van der Waals surface area contributed by atoms with Crippen LogP contribution in [-0.2, 0) is 9.59 Å². The van der Waals surface area contributed by atoms with Crippen molar-refractivity contribution in [3.05, 3.63) is 38.9 Å². The van der Waals surface area contributed by atoms with E-state index in [2.05, 4.69) is 20.8 Å². The zero-order valence-electron chi connectivity index (χ0n) is 14.8. The van der Waals surface area contributed by atoms with Crippen LogP contribution in [0.4, 0.5) is 5.69 Å². The maximum Gasteiger partial charge on any atom is 0.272 e. The topological polar surface area (TPSA) is 124 Å². The molecule has 2 fully saturated rings. The van der Waals surface area contributed by atoms with Gasteiger partial charge in [-0.25, -0.2) is 0 Å². The van der Waals surface area contributed by atoms with Crippen LogP contribution in [0.1, 0.15) is 32.1 Å². The summed E-state index contributed by atoms with van der Waals surface area (Å²) in [6.07, 6.45) is 5.35. The van der Waals surface area contributed by atoms with Crippen LogP contribution >= 0.6 is 0 Å². The maximum atomic E-state index is 12.2. The molecule has 8 nitrogen and oxygen atoms in total. The molecule has 2 aromatic rings. The van der Waals surface area contributed by atoms with Crippen LogP contribution < -0.4 is 21.8 Å². The molecule has 1 heterocycles. The number of carbonyl (C=O) groups excluding carboxylic acids is 2. The summed E-state index contributed by atoms with van der Waals surface area (Å²) in [5.41, 5.74) is -0.701. The smallest absolute Gasteiger partial charge is 0.272 e. The van der Waals surface area contributed by atoms with E-state index in [1.54, 1.807) is 12.1 Å². The first-order valence-electron chi connectivity index (χ1n) is 9.31. The fourth-order valence-corrected chi connectivity index (χ4v) is 4.64. The van der Waals surface area contributed by atoms with Gasteiger partial charge in [0.1, 0.15) is 0 Å². The molecule has 0 saturated heterocycles. The number of nitrogens with one attached hydrogen (secondary N) is 4. The van der Waals surface area contributed by atoms with E-state index in [4.69, 9.17) is 0 Å². The van der Waals surface area contributed by atoms with Gasteiger partial charge in [-0.15, -0.1) is 0 Å². The molecule has 4 rings (SSSR count). The summed E-state index contributed by atoms with van der Waals surface area (Å²) in [5, 5.41) is 10.1. The lowest BCUT2D eigenvalue weighted by Crippen LogP contribution is -2.34. The van der Waals surface area contributed by atoms with Crippen LogP contribution in [0.5, 0.6) is 0 Å². The van der Waals surface area contributed by atoms with E-state index < -0.39 is 17.0 Å². The zero-order valence-corrected chi connectivity index (χ0v) is 14.8. The van der Waals surface area contributed by atoms with Gasteiger partial charge in [-0.05, 0) is 49.1 Å². The number of hydrogen-bond acceptors (Lipinski definition) is 4. The van der Waals surface area contributed by atoms with E-state index in [0.29, 0.717) is 18.3 Å². The number of rotatable bonds is 5. The highest BCUT2D eigenvalue weighted by Gasteiger charge is 2.40. The van der Waals surface area contributed by atoms with Crippen molar-refractivity contribution in [2.45, 2.75) is 32.1 Å². The fraction of sp³-hybridized carbons (Fsp3) is 0.474. The largest absolute Gasteiger partial charge is 0.347 e. The monoisotopic (exact) mass is 370 g/mol. The Morgan fingerprint density at radius 3 is 2.59 bits per heavy atom. The quantitative estimate of drug-likeness (QED) is 0.629. The first kappa shape index (κ1) is 17.5. The van der Waals surface area contributed by atoms with Gasteiger partial charge in [-0.2, -0.15) is 0 Å². The summed E-state index contributed by atoms with van der Waals surface area (Å²) >= 11 is 0. The van der Waals surface area contributed by atoms with Gasteiger partial charge in [-0.1, -0.05) is 12.5 Å². The molecule has 27 heavy (non-hydrogen) atoms. The molecule has 2 amide bonds. The molecule has 0 spiro atoms. The number of benzene rings is 1. The van der Waals surface area contributed by atoms with Crippen LogP contribution in [0.15, 0.2) is 27.8 Å². The molecule has 2 aliphatic rings. The SMILES string of the molecule is O=C(C[C@H]1C[C@H]2CC[C@H]1C2)NCC(=O)Nc1cccc2c(=O)[nH][nH]c(=O)c12. The molecular weight excluding hydrogens is 348 g/mol. The molecule has 1 aromatic carbocycles. The number of anilines is 1. The van der Waals surface area contributed by atoms with E-state index in [0.717, 1.165) is 12.3 Å². The Kier molecular flexibility index (Phi) is 4.55. The van der Waals surface area contributed by atoms with Crippen molar-refractivity contribution in [3.8, 4) is 0 Å². The Bertz CT molecular complexity index is 1010. The molecule has 142 valence electrons.